The Kier molecular flexibility index (Phi) is 3.83. The van der Waals surface area contributed by atoms with E-state index >= 15 is 0 Å². The lowest BCUT2D eigenvalue weighted by molar-refractivity contribution is -0.125. The van der Waals surface area contributed by atoms with Crippen molar-refractivity contribution in [3.63, 3.8) is 0 Å². The van der Waals surface area contributed by atoms with Crippen molar-refractivity contribution in [2.75, 3.05) is 24.5 Å². The van der Waals surface area contributed by atoms with E-state index in [-0.39, 0.29) is 5.91 Å². The predicted molar refractivity (Wildman–Crippen MR) is 86.9 cm³/mol. The highest BCUT2D eigenvalue weighted by Gasteiger charge is 2.67. The number of para-hydroxylation sites is 1. The van der Waals surface area contributed by atoms with Crippen molar-refractivity contribution in [1.82, 2.24) is 5.32 Å². The molecule has 1 N–H and O–H groups in total. The lowest BCUT2D eigenvalue weighted by Crippen LogP contribution is -2.37. The molecule has 1 aliphatic carbocycles. The third-order valence-electron chi connectivity index (χ3n) is 4.72. The van der Waals surface area contributed by atoms with Crippen LogP contribution in [0.1, 0.15) is 19.8 Å². The third kappa shape index (κ3) is 2.86. The van der Waals surface area contributed by atoms with E-state index in [4.69, 9.17) is 23.2 Å². The van der Waals surface area contributed by atoms with E-state index in [9.17, 15) is 4.79 Å². The fourth-order valence-corrected chi connectivity index (χ4v) is 3.66. The van der Waals surface area contributed by atoms with Crippen LogP contribution < -0.4 is 10.2 Å². The first-order chi connectivity index (χ1) is 9.92. The molecule has 0 spiro atoms. The van der Waals surface area contributed by atoms with Crippen molar-refractivity contribution >= 4 is 34.8 Å². The summed E-state index contributed by atoms with van der Waals surface area (Å²) in [5.41, 5.74) is 0.634. The zero-order valence-electron chi connectivity index (χ0n) is 12.1. The van der Waals surface area contributed by atoms with Gasteiger partial charge in [0.1, 0.15) is 4.33 Å². The van der Waals surface area contributed by atoms with Crippen LogP contribution in [0.2, 0.25) is 0 Å². The normalized spacial score (nSPS) is 30.2. The van der Waals surface area contributed by atoms with Gasteiger partial charge in [-0.2, -0.15) is 0 Å². The predicted octanol–water partition coefficient (Wildman–Crippen LogP) is 3.21. The first-order valence-corrected chi connectivity index (χ1v) is 8.14. The molecule has 1 aliphatic heterocycles. The number of benzene rings is 1. The van der Waals surface area contributed by atoms with Crippen molar-refractivity contribution in [1.29, 1.82) is 0 Å². The van der Waals surface area contributed by atoms with Gasteiger partial charge in [0, 0.05) is 25.3 Å². The van der Waals surface area contributed by atoms with Crippen molar-refractivity contribution < 1.29 is 4.79 Å². The number of hydrogen-bond donors (Lipinski definition) is 1. The van der Waals surface area contributed by atoms with E-state index in [1.54, 1.807) is 0 Å². The van der Waals surface area contributed by atoms with Gasteiger partial charge >= 0.3 is 0 Å². The van der Waals surface area contributed by atoms with Gasteiger partial charge in [0.15, 0.2) is 0 Å². The van der Waals surface area contributed by atoms with Crippen LogP contribution in [-0.4, -0.2) is 29.9 Å². The van der Waals surface area contributed by atoms with Crippen molar-refractivity contribution in [2.24, 2.45) is 11.3 Å². The zero-order chi connectivity index (χ0) is 15.1. The first-order valence-electron chi connectivity index (χ1n) is 7.38. The number of rotatable bonds is 4. The topological polar surface area (TPSA) is 32.3 Å². The second-order valence-corrected chi connectivity index (χ2v) is 7.84. The number of alkyl halides is 2. The summed E-state index contributed by atoms with van der Waals surface area (Å²) in [5, 5.41) is 3.02. The maximum atomic E-state index is 12.2. The average molecular weight is 327 g/mol. The molecule has 0 aromatic heterocycles. The molecule has 1 heterocycles. The summed E-state index contributed by atoms with van der Waals surface area (Å²) < 4.78 is -0.886. The summed E-state index contributed by atoms with van der Waals surface area (Å²) >= 11 is 12.1. The van der Waals surface area contributed by atoms with E-state index in [0.717, 1.165) is 19.5 Å². The molecule has 21 heavy (non-hydrogen) atoms. The fraction of sp³-hybridized carbons (Fsp3) is 0.562. The second kappa shape index (κ2) is 5.36. The fourth-order valence-electron chi connectivity index (χ4n) is 2.95. The van der Waals surface area contributed by atoms with Crippen LogP contribution >= 0.6 is 23.2 Å². The smallest absolute Gasteiger partial charge is 0.229 e. The number of nitrogens with one attached hydrogen (secondary N) is 1. The van der Waals surface area contributed by atoms with Gasteiger partial charge in [0.05, 0.1) is 5.41 Å². The lowest BCUT2D eigenvalue weighted by atomic mass is 10.1. The Morgan fingerprint density at radius 2 is 2.05 bits per heavy atom. The van der Waals surface area contributed by atoms with Gasteiger partial charge in [0.25, 0.3) is 0 Å². The molecular weight excluding hydrogens is 307 g/mol. The highest BCUT2D eigenvalue weighted by molar-refractivity contribution is 6.53. The zero-order valence-corrected chi connectivity index (χ0v) is 13.6. The van der Waals surface area contributed by atoms with Gasteiger partial charge in [-0.25, -0.2) is 0 Å². The first kappa shape index (κ1) is 15.0. The van der Waals surface area contributed by atoms with Gasteiger partial charge in [-0.15, -0.1) is 23.2 Å². The molecule has 1 aromatic carbocycles. The van der Waals surface area contributed by atoms with Gasteiger partial charge < -0.3 is 10.2 Å². The monoisotopic (exact) mass is 326 g/mol. The molecule has 3 nitrogen and oxygen atoms in total. The third-order valence-corrected chi connectivity index (χ3v) is 5.82. The molecule has 5 heteroatoms. The van der Waals surface area contributed by atoms with Crippen LogP contribution in [0.3, 0.4) is 0 Å². The summed E-state index contributed by atoms with van der Waals surface area (Å²) in [5.74, 6) is 0.460. The molecule has 1 aromatic rings. The van der Waals surface area contributed by atoms with Crippen LogP contribution in [-0.2, 0) is 4.79 Å². The summed E-state index contributed by atoms with van der Waals surface area (Å²) in [6, 6.07) is 10.4. The number of carbonyl (C=O) groups is 1. The number of carbonyl (C=O) groups excluding carboxylic acids is 1. The summed E-state index contributed by atoms with van der Waals surface area (Å²) in [6.45, 7) is 4.54. The Morgan fingerprint density at radius 1 is 1.38 bits per heavy atom. The largest absolute Gasteiger partial charge is 0.371 e. The van der Waals surface area contributed by atoms with E-state index < -0.39 is 9.75 Å². The van der Waals surface area contributed by atoms with Crippen LogP contribution in [0.15, 0.2) is 30.3 Å². The summed E-state index contributed by atoms with van der Waals surface area (Å²) in [4.78, 5) is 14.5. The van der Waals surface area contributed by atoms with Crippen LogP contribution in [0, 0.1) is 11.3 Å². The number of anilines is 1. The van der Waals surface area contributed by atoms with Crippen molar-refractivity contribution in [3.05, 3.63) is 30.3 Å². The molecule has 1 amide bonds. The molecule has 0 radical (unpaired) electrons. The van der Waals surface area contributed by atoms with E-state index in [1.807, 2.05) is 13.0 Å². The Morgan fingerprint density at radius 3 is 2.67 bits per heavy atom. The molecule has 2 atom stereocenters. The molecule has 2 fully saturated rings. The van der Waals surface area contributed by atoms with E-state index in [1.165, 1.54) is 5.69 Å². The second-order valence-electron chi connectivity index (χ2n) is 6.36. The Hall–Kier alpha value is -0.930. The standard InChI is InChI=1S/C16H20Cl2N2O/c1-15(11-16(15,17)18)14(21)19-9-12-7-8-20(10-12)13-5-3-2-4-6-13/h2-6,12H,7-11H2,1H3,(H,19,21)/t12-,15+/m1/s1. The molecule has 1 saturated carbocycles. The number of amides is 1. The Bertz CT molecular complexity index is 534. The van der Waals surface area contributed by atoms with Crippen molar-refractivity contribution in [2.45, 2.75) is 24.1 Å². The SMILES string of the molecule is C[C@@]1(C(=O)NC[C@H]2CCN(c3ccccc3)C2)CC1(Cl)Cl. The minimum absolute atomic E-state index is 0.0225. The van der Waals surface area contributed by atoms with Crippen LogP contribution in [0.4, 0.5) is 5.69 Å². The Balaban J connectivity index is 1.49. The van der Waals surface area contributed by atoms with E-state index in [0.29, 0.717) is 18.9 Å². The number of hydrogen-bond acceptors (Lipinski definition) is 2. The highest BCUT2D eigenvalue weighted by atomic mass is 35.5. The maximum absolute atomic E-state index is 12.2. The summed E-state index contributed by atoms with van der Waals surface area (Å²) in [7, 11) is 0. The lowest BCUT2D eigenvalue weighted by Gasteiger charge is -2.19. The van der Waals surface area contributed by atoms with Gasteiger partial charge in [-0.1, -0.05) is 18.2 Å². The molecular formula is C16H20Cl2N2O. The average Bonchev–Trinajstić information content (AvgIpc) is 2.83. The van der Waals surface area contributed by atoms with Crippen LogP contribution in [0.25, 0.3) is 0 Å². The Labute approximate surface area is 135 Å². The highest BCUT2D eigenvalue weighted by Crippen LogP contribution is 2.63. The molecule has 2 aliphatic rings. The molecule has 0 unspecified atom stereocenters. The van der Waals surface area contributed by atoms with Crippen molar-refractivity contribution in [3.8, 4) is 0 Å². The quantitative estimate of drug-likeness (QED) is 0.861. The molecule has 0 bridgehead atoms. The molecule has 114 valence electrons. The van der Waals surface area contributed by atoms with E-state index in [2.05, 4.69) is 34.5 Å². The minimum atomic E-state index is -0.886. The molecule has 3 rings (SSSR count). The van der Waals surface area contributed by atoms with Gasteiger partial charge in [-0.3, -0.25) is 4.79 Å². The maximum Gasteiger partial charge on any atom is 0.229 e. The van der Waals surface area contributed by atoms with Crippen LogP contribution in [0.5, 0.6) is 0 Å². The molecule has 1 saturated heterocycles. The minimum Gasteiger partial charge on any atom is -0.371 e. The summed E-state index contributed by atoms with van der Waals surface area (Å²) in [6.07, 6.45) is 1.63. The number of nitrogens with zero attached hydrogens (tertiary/aromatic N) is 1. The number of halogens is 2. The van der Waals surface area contributed by atoms with Gasteiger partial charge in [0.2, 0.25) is 5.91 Å². The van der Waals surface area contributed by atoms with Gasteiger partial charge in [-0.05, 0) is 37.8 Å².